The Morgan fingerprint density at radius 3 is 2.70 bits per heavy atom. The average Bonchev–Trinajstić information content (AvgIpc) is 3.64. The minimum atomic E-state index is -1.04. The van der Waals surface area contributed by atoms with Gasteiger partial charge >= 0.3 is 0 Å². The maximum absolute atomic E-state index is 13.9. The molecule has 37 heavy (non-hydrogen) atoms. The van der Waals surface area contributed by atoms with E-state index in [2.05, 4.69) is 20.9 Å². The number of ether oxygens (including phenoxy) is 1. The SMILES string of the molecule is CC[C@@]12CCC3(O1)C(C(=O)NCn1nnc4ccccc41)N(CCCCCCO)C(=O)[C@@H]3[C@@H]2C(=O)NC. The zero-order valence-corrected chi connectivity index (χ0v) is 21.5. The largest absolute Gasteiger partial charge is 0.396 e. The lowest BCUT2D eigenvalue weighted by Crippen LogP contribution is -2.55. The predicted octanol–water partition coefficient (Wildman–Crippen LogP) is 0.959. The van der Waals surface area contributed by atoms with Crippen molar-refractivity contribution in [1.82, 2.24) is 30.5 Å². The molecule has 1 spiro atoms. The highest BCUT2D eigenvalue weighted by Gasteiger charge is 2.78. The maximum Gasteiger partial charge on any atom is 0.247 e. The molecule has 5 atom stereocenters. The normalized spacial score (nSPS) is 30.2. The van der Waals surface area contributed by atoms with Crippen LogP contribution in [-0.4, -0.2) is 80.2 Å². The number of benzene rings is 1. The van der Waals surface area contributed by atoms with Gasteiger partial charge in [0, 0.05) is 20.2 Å². The number of aliphatic hydroxyl groups excluding tert-OH is 1. The zero-order chi connectivity index (χ0) is 26.2. The molecule has 2 aromatic rings. The Morgan fingerprint density at radius 2 is 1.95 bits per heavy atom. The fraction of sp³-hybridized carbons (Fsp3) is 0.654. The van der Waals surface area contributed by atoms with E-state index >= 15 is 0 Å². The quantitative estimate of drug-likeness (QED) is 0.381. The van der Waals surface area contributed by atoms with Crippen LogP contribution in [0, 0.1) is 11.8 Å². The fourth-order valence-electron chi connectivity index (χ4n) is 6.84. The van der Waals surface area contributed by atoms with Crippen molar-refractivity contribution in [1.29, 1.82) is 0 Å². The van der Waals surface area contributed by atoms with Gasteiger partial charge in [0.2, 0.25) is 17.7 Å². The second-order valence-electron chi connectivity index (χ2n) is 10.4. The van der Waals surface area contributed by atoms with Crippen molar-refractivity contribution in [2.75, 3.05) is 20.2 Å². The van der Waals surface area contributed by atoms with Crippen LogP contribution in [0.5, 0.6) is 0 Å². The summed E-state index contributed by atoms with van der Waals surface area (Å²) in [5.74, 6) is -2.02. The Kier molecular flexibility index (Phi) is 6.93. The summed E-state index contributed by atoms with van der Waals surface area (Å²) in [6.07, 6.45) is 4.87. The summed E-state index contributed by atoms with van der Waals surface area (Å²) < 4.78 is 8.31. The summed E-state index contributed by atoms with van der Waals surface area (Å²) in [6.45, 7) is 2.61. The molecule has 3 fully saturated rings. The molecule has 3 aliphatic rings. The van der Waals surface area contributed by atoms with Gasteiger partial charge in [-0.3, -0.25) is 14.4 Å². The van der Waals surface area contributed by atoms with E-state index in [1.165, 1.54) is 0 Å². The monoisotopic (exact) mass is 512 g/mol. The fourth-order valence-corrected chi connectivity index (χ4v) is 6.84. The number of hydrogen-bond donors (Lipinski definition) is 3. The molecular weight excluding hydrogens is 476 g/mol. The lowest BCUT2D eigenvalue weighted by Gasteiger charge is -2.33. The van der Waals surface area contributed by atoms with E-state index in [0.29, 0.717) is 38.6 Å². The number of amides is 3. The lowest BCUT2D eigenvalue weighted by molar-refractivity contribution is -0.147. The second kappa shape index (κ2) is 10.0. The molecular formula is C26H36N6O5. The molecule has 11 nitrogen and oxygen atoms in total. The van der Waals surface area contributed by atoms with Crippen molar-refractivity contribution in [2.24, 2.45) is 11.8 Å². The van der Waals surface area contributed by atoms with E-state index in [1.54, 1.807) is 16.6 Å². The topological polar surface area (TPSA) is 139 Å². The van der Waals surface area contributed by atoms with Crippen LogP contribution in [0.2, 0.25) is 0 Å². The van der Waals surface area contributed by atoms with Gasteiger partial charge < -0.3 is 25.4 Å². The van der Waals surface area contributed by atoms with Gasteiger partial charge in [0.15, 0.2) is 0 Å². The van der Waals surface area contributed by atoms with Crippen LogP contribution < -0.4 is 10.6 Å². The van der Waals surface area contributed by atoms with Gasteiger partial charge in [-0.1, -0.05) is 37.1 Å². The van der Waals surface area contributed by atoms with E-state index in [4.69, 9.17) is 9.84 Å². The van der Waals surface area contributed by atoms with E-state index in [0.717, 1.165) is 23.9 Å². The number of aromatic nitrogens is 3. The lowest BCUT2D eigenvalue weighted by atomic mass is 9.65. The molecule has 1 aromatic carbocycles. The summed E-state index contributed by atoms with van der Waals surface area (Å²) in [6, 6.07) is 6.67. The molecule has 2 bridgehead atoms. The Bertz CT molecular complexity index is 1190. The summed E-state index contributed by atoms with van der Waals surface area (Å²) >= 11 is 0. The number of fused-ring (bicyclic) bond motifs is 2. The molecule has 4 heterocycles. The minimum absolute atomic E-state index is 0.104. The van der Waals surface area contributed by atoms with Crippen LogP contribution >= 0.6 is 0 Å². The first-order valence-corrected chi connectivity index (χ1v) is 13.3. The predicted molar refractivity (Wildman–Crippen MR) is 134 cm³/mol. The molecule has 1 aromatic heterocycles. The summed E-state index contributed by atoms with van der Waals surface area (Å²) in [7, 11) is 1.58. The Hall–Kier alpha value is -3.05. The highest BCUT2D eigenvalue weighted by molar-refractivity contribution is 5.99. The third-order valence-corrected chi connectivity index (χ3v) is 8.59. The molecule has 5 rings (SSSR count). The average molecular weight is 513 g/mol. The zero-order valence-electron chi connectivity index (χ0n) is 21.5. The van der Waals surface area contributed by atoms with Crippen molar-refractivity contribution in [3.8, 4) is 0 Å². The smallest absolute Gasteiger partial charge is 0.247 e. The molecule has 0 saturated carbocycles. The number of rotatable bonds is 11. The van der Waals surface area contributed by atoms with Crippen molar-refractivity contribution in [3.63, 3.8) is 0 Å². The third-order valence-electron chi connectivity index (χ3n) is 8.59. The number of likely N-dealkylation sites (tertiary alicyclic amines) is 1. The molecule has 11 heteroatoms. The molecule has 0 radical (unpaired) electrons. The minimum Gasteiger partial charge on any atom is -0.396 e. The van der Waals surface area contributed by atoms with Crippen LogP contribution in [0.4, 0.5) is 0 Å². The van der Waals surface area contributed by atoms with Crippen molar-refractivity contribution >= 4 is 28.8 Å². The highest BCUT2D eigenvalue weighted by atomic mass is 16.5. The first-order valence-electron chi connectivity index (χ1n) is 13.3. The number of nitrogens with zero attached hydrogens (tertiary/aromatic N) is 4. The van der Waals surface area contributed by atoms with Crippen molar-refractivity contribution in [3.05, 3.63) is 24.3 Å². The van der Waals surface area contributed by atoms with Crippen molar-refractivity contribution in [2.45, 2.75) is 75.8 Å². The van der Waals surface area contributed by atoms with E-state index in [1.807, 2.05) is 31.2 Å². The molecule has 3 amide bonds. The van der Waals surface area contributed by atoms with Crippen LogP contribution in [0.1, 0.15) is 51.9 Å². The molecule has 200 valence electrons. The standard InChI is InChI=1S/C26H36N6O5/c1-3-25-12-13-26(37-25)20(19(25)22(34)27-2)24(36)31(14-8-4-5-9-15-33)21(26)23(35)28-16-32-18-11-7-6-10-17(18)29-30-32/h6-7,10-11,19-21,33H,3-5,8-9,12-16H2,1-2H3,(H,27,34)(H,28,35)/t19-,20+,21?,25+,26?/m1/s1. The summed E-state index contributed by atoms with van der Waals surface area (Å²) in [5, 5.41) is 23.1. The Balaban J connectivity index is 1.43. The molecule has 3 aliphatic heterocycles. The molecule has 2 unspecified atom stereocenters. The Morgan fingerprint density at radius 1 is 1.16 bits per heavy atom. The first kappa shape index (κ1) is 25.6. The number of para-hydroxylation sites is 1. The Labute approximate surface area is 215 Å². The maximum atomic E-state index is 13.9. The number of hydrogen-bond acceptors (Lipinski definition) is 7. The van der Waals surface area contributed by atoms with Gasteiger partial charge in [0.05, 0.1) is 23.0 Å². The van der Waals surface area contributed by atoms with Gasteiger partial charge in [-0.15, -0.1) is 5.10 Å². The van der Waals surface area contributed by atoms with E-state index in [-0.39, 0.29) is 31.0 Å². The van der Waals surface area contributed by atoms with Crippen LogP contribution in [0.3, 0.4) is 0 Å². The van der Waals surface area contributed by atoms with Gasteiger partial charge in [-0.25, -0.2) is 4.68 Å². The van der Waals surface area contributed by atoms with Gasteiger partial charge in [0.1, 0.15) is 23.8 Å². The second-order valence-corrected chi connectivity index (χ2v) is 10.4. The molecule has 0 aliphatic carbocycles. The van der Waals surface area contributed by atoms with Gasteiger partial charge in [0.25, 0.3) is 0 Å². The van der Waals surface area contributed by atoms with Crippen LogP contribution in [0.15, 0.2) is 24.3 Å². The van der Waals surface area contributed by atoms with E-state index < -0.39 is 29.1 Å². The van der Waals surface area contributed by atoms with Gasteiger partial charge in [-0.2, -0.15) is 0 Å². The number of carbonyl (C=O) groups is 3. The number of unbranched alkanes of at least 4 members (excludes halogenated alkanes) is 3. The number of carbonyl (C=O) groups excluding carboxylic acids is 3. The third kappa shape index (κ3) is 3.99. The number of nitrogens with one attached hydrogen (secondary N) is 2. The summed E-state index contributed by atoms with van der Waals surface area (Å²) in [5.41, 5.74) is -0.255. The van der Waals surface area contributed by atoms with E-state index in [9.17, 15) is 14.4 Å². The number of aliphatic hydroxyl groups is 1. The van der Waals surface area contributed by atoms with Crippen molar-refractivity contribution < 1.29 is 24.2 Å². The molecule has 3 saturated heterocycles. The van der Waals surface area contributed by atoms with Crippen LogP contribution in [-0.2, 0) is 25.8 Å². The van der Waals surface area contributed by atoms with Crippen LogP contribution in [0.25, 0.3) is 11.0 Å². The highest BCUT2D eigenvalue weighted by Crippen LogP contribution is 2.64. The first-order chi connectivity index (χ1) is 17.9. The summed E-state index contributed by atoms with van der Waals surface area (Å²) in [4.78, 5) is 42.5. The molecule has 3 N–H and O–H groups in total. The van der Waals surface area contributed by atoms with Gasteiger partial charge in [-0.05, 0) is 44.2 Å².